The molecule has 8 heteroatoms. The lowest BCUT2D eigenvalue weighted by atomic mass is 9.90. The molecule has 0 aliphatic carbocycles. The van der Waals surface area contributed by atoms with Crippen molar-refractivity contribution in [3.8, 4) is 5.75 Å². The highest BCUT2D eigenvalue weighted by Gasteiger charge is 2.28. The van der Waals surface area contributed by atoms with E-state index in [-0.39, 0.29) is 24.3 Å². The first kappa shape index (κ1) is 22.7. The zero-order chi connectivity index (χ0) is 23.2. The van der Waals surface area contributed by atoms with Crippen molar-refractivity contribution in [2.75, 3.05) is 13.1 Å². The average molecular weight is 449 g/mol. The van der Waals surface area contributed by atoms with Crippen molar-refractivity contribution in [3.05, 3.63) is 71.4 Å². The van der Waals surface area contributed by atoms with Gasteiger partial charge < -0.3 is 15.4 Å². The predicted octanol–water partition coefficient (Wildman–Crippen LogP) is 2.73. The quantitative estimate of drug-likeness (QED) is 0.327. The Balaban J connectivity index is 1.38. The summed E-state index contributed by atoms with van der Waals surface area (Å²) in [6, 6.07) is 16.9. The lowest BCUT2D eigenvalue weighted by Gasteiger charge is -2.32. The minimum absolute atomic E-state index is 0.0869. The molecular weight excluding hydrogens is 420 g/mol. The highest BCUT2D eigenvalue weighted by Crippen LogP contribution is 2.21. The summed E-state index contributed by atoms with van der Waals surface area (Å²) < 4.78 is 5.98. The normalized spacial score (nSPS) is 18.0. The van der Waals surface area contributed by atoms with E-state index in [4.69, 9.17) is 9.94 Å². The number of ether oxygens (including phenoxy) is 1. The Morgan fingerprint density at radius 1 is 1.18 bits per heavy atom. The van der Waals surface area contributed by atoms with Crippen molar-refractivity contribution in [1.29, 1.82) is 0 Å². The van der Waals surface area contributed by atoms with E-state index in [1.165, 1.54) is 0 Å². The summed E-state index contributed by atoms with van der Waals surface area (Å²) in [7, 11) is 0. The average Bonchev–Trinajstić information content (AvgIpc) is 2.83. The number of fused-ring (bicyclic) bond motifs is 1. The van der Waals surface area contributed by atoms with Crippen molar-refractivity contribution >= 4 is 22.7 Å². The van der Waals surface area contributed by atoms with Gasteiger partial charge in [-0.15, -0.1) is 0 Å². The lowest BCUT2D eigenvalue weighted by molar-refractivity contribution is -0.130. The van der Waals surface area contributed by atoms with Crippen LogP contribution in [0.15, 0.2) is 54.6 Å². The molecule has 1 saturated heterocycles. The number of aryl methyl sites for hydroxylation is 1. The fourth-order valence-corrected chi connectivity index (χ4v) is 4.24. The Bertz CT molecular complexity index is 1130. The third-order valence-electron chi connectivity index (χ3n) is 5.94. The molecule has 1 aliphatic heterocycles. The van der Waals surface area contributed by atoms with Crippen LogP contribution in [0, 0.1) is 12.8 Å². The molecule has 33 heavy (non-hydrogen) atoms. The number of benzene rings is 2. The summed E-state index contributed by atoms with van der Waals surface area (Å²) in [5, 5.41) is 16.1. The number of piperidine rings is 1. The van der Waals surface area contributed by atoms with Crippen molar-refractivity contribution in [3.63, 3.8) is 0 Å². The van der Waals surface area contributed by atoms with E-state index >= 15 is 0 Å². The maximum Gasteiger partial charge on any atom is 0.251 e. The molecule has 1 aromatic heterocycles. The topological polar surface area (TPSA) is 113 Å². The monoisotopic (exact) mass is 448 g/mol. The number of para-hydroxylation sites is 1. The van der Waals surface area contributed by atoms with Gasteiger partial charge in [0.2, 0.25) is 5.91 Å². The molecule has 0 radical (unpaired) electrons. The van der Waals surface area contributed by atoms with Crippen LogP contribution in [0.5, 0.6) is 5.75 Å². The highest BCUT2D eigenvalue weighted by molar-refractivity contribution is 5.94. The van der Waals surface area contributed by atoms with Crippen LogP contribution in [0.2, 0.25) is 0 Å². The number of nitrogens with one attached hydrogen (secondary N) is 3. The van der Waals surface area contributed by atoms with Crippen molar-refractivity contribution in [2.24, 2.45) is 5.92 Å². The van der Waals surface area contributed by atoms with Crippen molar-refractivity contribution in [1.82, 2.24) is 21.1 Å². The molecule has 3 aromatic rings. The van der Waals surface area contributed by atoms with E-state index in [0.29, 0.717) is 24.5 Å². The number of hydrogen-bond donors (Lipinski definition) is 4. The van der Waals surface area contributed by atoms with Gasteiger partial charge in [-0.1, -0.05) is 18.2 Å². The minimum Gasteiger partial charge on any atom is -0.489 e. The van der Waals surface area contributed by atoms with Crippen LogP contribution in [-0.4, -0.2) is 41.1 Å². The lowest BCUT2D eigenvalue weighted by Crippen LogP contribution is -2.50. The number of rotatable bonds is 7. The SMILES string of the molecule is Cc1cc(COc2ccc(C(=O)N[C@@H]3CCNC[C@@H]3CC(=O)NO)cc2)c2ccccc2n1. The van der Waals surface area contributed by atoms with Gasteiger partial charge in [0.25, 0.3) is 5.91 Å². The minimum atomic E-state index is -0.457. The third kappa shape index (κ3) is 5.66. The maximum atomic E-state index is 12.8. The molecular formula is C25H28N4O4. The Kier molecular flexibility index (Phi) is 7.16. The van der Waals surface area contributed by atoms with Gasteiger partial charge in [0.05, 0.1) is 5.52 Å². The molecule has 0 spiro atoms. The van der Waals surface area contributed by atoms with Gasteiger partial charge in [0.15, 0.2) is 0 Å². The van der Waals surface area contributed by atoms with E-state index < -0.39 is 5.91 Å². The Labute approximate surface area is 192 Å². The molecule has 0 bridgehead atoms. The molecule has 2 amide bonds. The van der Waals surface area contributed by atoms with Gasteiger partial charge in [0.1, 0.15) is 12.4 Å². The number of hydrogen-bond acceptors (Lipinski definition) is 6. The van der Waals surface area contributed by atoms with Gasteiger partial charge in [-0.05, 0) is 56.3 Å². The summed E-state index contributed by atoms with van der Waals surface area (Å²) in [6.45, 7) is 3.73. The largest absolute Gasteiger partial charge is 0.489 e. The molecule has 2 heterocycles. The molecule has 4 N–H and O–H groups in total. The van der Waals surface area contributed by atoms with Crippen LogP contribution in [0.1, 0.15) is 34.5 Å². The Morgan fingerprint density at radius 3 is 2.76 bits per heavy atom. The van der Waals surface area contributed by atoms with Crippen molar-refractivity contribution < 1.29 is 19.5 Å². The number of amides is 2. The third-order valence-corrected chi connectivity index (χ3v) is 5.94. The zero-order valence-electron chi connectivity index (χ0n) is 18.5. The molecule has 0 unspecified atom stereocenters. The Hall–Kier alpha value is -3.49. The number of nitrogens with zero attached hydrogens (tertiary/aromatic N) is 1. The number of pyridine rings is 1. The molecule has 4 rings (SSSR count). The predicted molar refractivity (Wildman–Crippen MR) is 124 cm³/mol. The summed E-state index contributed by atoms with van der Waals surface area (Å²) in [5.41, 5.74) is 5.12. The summed E-state index contributed by atoms with van der Waals surface area (Å²) in [6.07, 6.45) is 0.861. The molecule has 1 fully saturated rings. The zero-order valence-corrected chi connectivity index (χ0v) is 18.5. The first-order valence-corrected chi connectivity index (χ1v) is 11.1. The van der Waals surface area contributed by atoms with Gasteiger partial charge in [-0.2, -0.15) is 0 Å². The molecule has 8 nitrogen and oxygen atoms in total. The van der Waals surface area contributed by atoms with E-state index in [9.17, 15) is 9.59 Å². The molecule has 0 saturated carbocycles. The van der Waals surface area contributed by atoms with E-state index in [0.717, 1.165) is 35.1 Å². The van der Waals surface area contributed by atoms with E-state index in [2.05, 4.69) is 15.6 Å². The standard InChI is InChI=1S/C25H28N4O4/c1-16-12-19(21-4-2-3-5-23(21)27-16)15-33-20-8-6-17(7-9-20)25(31)28-22-10-11-26-14-18(22)13-24(30)29-32/h2-9,12,18,22,26,32H,10-11,13-15H2,1H3,(H,28,31)(H,29,30)/t18-,22+/m0/s1. The second-order valence-corrected chi connectivity index (χ2v) is 8.32. The summed E-state index contributed by atoms with van der Waals surface area (Å²) >= 11 is 0. The van der Waals surface area contributed by atoms with E-state index in [1.807, 2.05) is 37.3 Å². The van der Waals surface area contributed by atoms with Crippen LogP contribution >= 0.6 is 0 Å². The van der Waals surface area contributed by atoms with Gasteiger partial charge in [0, 0.05) is 47.1 Å². The van der Waals surface area contributed by atoms with Gasteiger partial charge in [-0.25, -0.2) is 5.48 Å². The number of aromatic nitrogens is 1. The number of hydroxylamine groups is 1. The Morgan fingerprint density at radius 2 is 1.97 bits per heavy atom. The molecule has 2 atom stereocenters. The first-order chi connectivity index (χ1) is 16.0. The van der Waals surface area contributed by atoms with Gasteiger partial charge in [-0.3, -0.25) is 19.8 Å². The fraction of sp³-hybridized carbons (Fsp3) is 0.320. The molecule has 2 aromatic carbocycles. The summed E-state index contributed by atoms with van der Waals surface area (Å²) in [5.74, 6) is -0.0687. The molecule has 1 aliphatic rings. The van der Waals surface area contributed by atoms with Gasteiger partial charge >= 0.3 is 0 Å². The molecule has 172 valence electrons. The summed E-state index contributed by atoms with van der Waals surface area (Å²) in [4.78, 5) is 28.9. The maximum absolute atomic E-state index is 12.8. The second-order valence-electron chi connectivity index (χ2n) is 8.32. The number of carbonyl (C=O) groups is 2. The fourth-order valence-electron chi connectivity index (χ4n) is 4.24. The van der Waals surface area contributed by atoms with Crippen LogP contribution in [0.25, 0.3) is 10.9 Å². The highest BCUT2D eigenvalue weighted by atomic mass is 16.5. The second kappa shape index (κ2) is 10.4. The first-order valence-electron chi connectivity index (χ1n) is 11.1. The van der Waals surface area contributed by atoms with Crippen LogP contribution in [-0.2, 0) is 11.4 Å². The van der Waals surface area contributed by atoms with Crippen LogP contribution < -0.4 is 20.9 Å². The van der Waals surface area contributed by atoms with Crippen LogP contribution in [0.3, 0.4) is 0 Å². The van der Waals surface area contributed by atoms with Crippen molar-refractivity contribution in [2.45, 2.75) is 32.4 Å². The van der Waals surface area contributed by atoms with Crippen LogP contribution in [0.4, 0.5) is 0 Å². The smallest absolute Gasteiger partial charge is 0.251 e. The van der Waals surface area contributed by atoms with E-state index in [1.54, 1.807) is 29.7 Å². The number of carbonyl (C=O) groups excluding carboxylic acids is 2.